The van der Waals surface area contributed by atoms with E-state index in [-0.39, 0.29) is 10.6 Å². The molecule has 0 aromatic heterocycles. The highest BCUT2D eigenvalue weighted by molar-refractivity contribution is 9.10. The molecule has 2 unspecified atom stereocenters. The number of anilines is 3. The van der Waals surface area contributed by atoms with E-state index in [0.29, 0.717) is 32.1 Å². The molecule has 0 saturated heterocycles. The second kappa shape index (κ2) is 12.0. The van der Waals surface area contributed by atoms with Gasteiger partial charge in [0.15, 0.2) is 0 Å². The molecule has 1 saturated carbocycles. The molecule has 0 radical (unpaired) electrons. The zero-order chi connectivity index (χ0) is 30.3. The fourth-order valence-corrected chi connectivity index (χ4v) is 5.81. The summed E-state index contributed by atoms with van der Waals surface area (Å²) in [6, 6.07) is 14.8. The number of alkyl halides is 2. The van der Waals surface area contributed by atoms with Crippen molar-refractivity contribution in [2.75, 3.05) is 16.0 Å². The Hall–Kier alpha value is -2.49. The van der Waals surface area contributed by atoms with Crippen molar-refractivity contribution >= 4 is 97.3 Å². The number of hydrogen-bond acceptors (Lipinski definition) is 4. The van der Waals surface area contributed by atoms with Gasteiger partial charge in [-0.1, -0.05) is 29.3 Å². The molecule has 3 aromatic rings. The Labute approximate surface area is 266 Å². The van der Waals surface area contributed by atoms with Gasteiger partial charge in [0.25, 0.3) is 5.91 Å². The molecular weight excluding hydrogens is 676 g/mol. The van der Waals surface area contributed by atoms with Gasteiger partial charge >= 0.3 is 6.09 Å². The molecule has 2 atom stereocenters. The van der Waals surface area contributed by atoms with Crippen LogP contribution in [0.5, 0.6) is 0 Å². The van der Waals surface area contributed by atoms with Crippen molar-refractivity contribution in [1.29, 1.82) is 0 Å². The average molecular weight is 702 g/mol. The lowest BCUT2D eigenvalue weighted by Crippen LogP contribution is -2.27. The highest BCUT2D eigenvalue weighted by atomic mass is 79.9. The molecular formula is C29H26BrCl4N3O4. The van der Waals surface area contributed by atoms with Gasteiger partial charge in [0, 0.05) is 27.5 Å². The number of halogens is 5. The summed E-state index contributed by atoms with van der Waals surface area (Å²) in [4.78, 5) is 38.3. The van der Waals surface area contributed by atoms with Crippen molar-refractivity contribution < 1.29 is 19.1 Å². The Bertz CT molecular complexity index is 1540. The third kappa shape index (κ3) is 7.48. The normalized spacial score (nSPS) is 17.4. The van der Waals surface area contributed by atoms with Gasteiger partial charge in [-0.2, -0.15) is 0 Å². The zero-order valence-corrected chi connectivity index (χ0v) is 27.0. The number of carbonyl (C=O) groups excluding carboxylic acids is 3. The molecule has 216 valence electrons. The standard InChI is InChI=1S/C29H26BrCl4N3O4/c1-14-11-16(36-27(40)41-28(2,3)4)7-10-22(14)37-25(38)18-13-17(6-9-20(18)31)35-26(39)24-23(29(24,33)34)15-5-8-21(32)19(30)12-15/h5-13,23-24H,1-4H3,(H,35,39)(H,36,40)(H,37,38). The third-order valence-corrected chi connectivity index (χ3v) is 8.72. The molecule has 1 fully saturated rings. The molecule has 0 heterocycles. The lowest BCUT2D eigenvalue weighted by Gasteiger charge is -2.20. The highest BCUT2D eigenvalue weighted by Crippen LogP contribution is 2.65. The van der Waals surface area contributed by atoms with Gasteiger partial charge in [-0.25, -0.2) is 4.79 Å². The van der Waals surface area contributed by atoms with Gasteiger partial charge in [0.1, 0.15) is 9.93 Å². The molecule has 3 amide bonds. The molecule has 12 heteroatoms. The van der Waals surface area contributed by atoms with Crippen LogP contribution in [0.25, 0.3) is 0 Å². The van der Waals surface area contributed by atoms with Gasteiger partial charge in [0.2, 0.25) is 5.91 Å². The van der Waals surface area contributed by atoms with E-state index in [0.717, 1.165) is 5.56 Å². The number of hydrogen-bond donors (Lipinski definition) is 3. The molecule has 3 N–H and O–H groups in total. The minimum Gasteiger partial charge on any atom is -0.444 e. The molecule has 4 rings (SSSR count). The van der Waals surface area contributed by atoms with Crippen LogP contribution in [0.3, 0.4) is 0 Å². The van der Waals surface area contributed by atoms with E-state index in [1.54, 1.807) is 70.2 Å². The van der Waals surface area contributed by atoms with E-state index >= 15 is 0 Å². The topological polar surface area (TPSA) is 96.5 Å². The summed E-state index contributed by atoms with van der Waals surface area (Å²) in [5.41, 5.74) is 2.36. The first-order valence-electron chi connectivity index (χ1n) is 12.4. The average Bonchev–Trinajstić information content (AvgIpc) is 3.44. The molecule has 41 heavy (non-hydrogen) atoms. The SMILES string of the molecule is Cc1cc(NC(=O)OC(C)(C)C)ccc1NC(=O)c1cc(NC(=O)C2C(c3ccc(Cl)c(Br)c3)C2(Cl)Cl)ccc1Cl. The lowest BCUT2D eigenvalue weighted by atomic mass is 10.1. The Balaban J connectivity index is 1.44. The Morgan fingerprint density at radius 1 is 0.878 bits per heavy atom. The maximum absolute atomic E-state index is 13.1. The number of amides is 3. The largest absolute Gasteiger partial charge is 0.444 e. The Morgan fingerprint density at radius 2 is 1.51 bits per heavy atom. The van der Waals surface area contributed by atoms with Crippen LogP contribution in [0.4, 0.5) is 21.9 Å². The van der Waals surface area contributed by atoms with Crippen LogP contribution in [0, 0.1) is 12.8 Å². The van der Waals surface area contributed by atoms with E-state index in [2.05, 4.69) is 31.9 Å². The van der Waals surface area contributed by atoms with Gasteiger partial charge in [-0.15, -0.1) is 23.2 Å². The molecule has 1 aliphatic rings. The van der Waals surface area contributed by atoms with Crippen molar-refractivity contribution in [3.63, 3.8) is 0 Å². The lowest BCUT2D eigenvalue weighted by molar-refractivity contribution is -0.117. The van der Waals surface area contributed by atoms with Gasteiger partial charge < -0.3 is 15.4 Å². The molecule has 0 bridgehead atoms. The van der Waals surface area contributed by atoms with Crippen LogP contribution in [0.2, 0.25) is 10.0 Å². The minimum absolute atomic E-state index is 0.150. The summed E-state index contributed by atoms with van der Waals surface area (Å²) >= 11 is 28.8. The molecule has 0 spiro atoms. The highest BCUT2D eigenvalue weighted by Gasteiger charge is 2.67. The van der Waals surface area contributed by atoms with Crippen molar-refractivity contribution in [3.05, 3.63) is 85.8 Å². The minimum atomic E-state index is -1.30. The zero-order valence-electron chi connectivity index (χ0n) is 22.4. The van der Waals surface area contributed by atoms with E-state index in [4.69, 9.17) is 51.1 Å². The number of rotatable bonds is 6. The van der Waals surface area contributed by atoms with Crippen molar-refractivity contribution in [2.45, 2.75) is 43.5 Å². The van der Waals surface area contributed by atoms with Crippen LogP contribution < -0.4 is 16.0 Å². The number of ether oxygens (including phenoxy) is 1. The van der Waals surface area contributed by atoms with Gasteiger partial charge in [-0.3, -0.25) is 14.9 Å². The summed E-state index contributed by atoms with van der Waals surface area (Å²) < 4.78 is 4.64. The van der Waals surface area contributed by atoms with Gasteiger partial charge in [0.05, 0.1) is 21.5 Å². The number of carbonyl (C=O) groups is 3. The van der Waals surface area contributed by atoms with Crippen LogP contribution in [0.15, 0.2) is 59.1 Å². The van der Waals surface area contributed by atoms with Crippen molar-refractivity contribution in [3.8, 4) is 0 Å². The van der Waals surface area contributed by atoms with E-state index in [9.17, 15) is 14.4 Å². The fraction of sp³-hybridized carbons (Fsp3) is 0.276. The molecule has 3 aromatic carbocycles. The quantitative estimate of drug-likeness (QED) is 0.223. The number of nitrogens with one attached hydrogen (secondary N) is 3. The summed E-state index contributed by atoms with van der Waals surface area (Å²) in [6.45, 7) is 7.10. The van der Waals surface area contributed by atoms with E-state index in [1.807, 2.05) is 0 Å². The van der Waals surface area contributed by atoms with Gasteiger partial charge in [-0.05, 0) is 103 Å². The fourth-order valence-electron chi connectivity index (χ4n) is 4.26. The maximum Gasteiger partial charge on any atom is 0.412 e. The molecule has 0 aliphatic heterocycles. The van der Waals surface area contributed by atoms with Crippen LogP contribution in [-0.4, -0.2) is 27.8 Å². The van der Waals surface area contributed by atoms with Crippen LogP contribution in [0.1, 0.15) is 48.2 Å². The Kier molecular flexibility index (Phi) is 9.21. The predicted molar refractivity (Wildman–Crippen MR) is 169 cm³/mol. The first-order chi connectivity index (χ1) is 19.1. The summed E-state index contributed by atoms with van der Waals surface area (Å²) in [5.74, 6) is -2.04. The summed E-state index contributed by atoms with van der Waals surface area (Å²) in [6.07, 6.45) is -0.585. The van der Waals surface area contributed by atoms with E-state index < -0.39 is 39.7 Å². The predicted octanol–water partition coefficient (Wildman–Crippen LogP) is 9.19. The Morgan fingerprint density at radius 3 is 2.15 bits per heavy atom. The molecule has 1 aliphatic carbocycles. The molecule has 7 nitrogen and oxygen atoms in total. The summed E-state index contributed by atoms with van der Waals surface area (Å²) in [7, 11) is 0. The smallest absolute Gasteiger partial charge is 0.412 e. The second-order valence-electron chi connectivity index (χ2n) is 10.6. The summed E-state index contributed by atoms with van der Waals surface area (Å²) in [5, 5.41) is 8.99. The van der Waals surface area contributed by atoms with Crippen LogP contribution in [-0.2, 0) is 9.53 Å². The van der Waals surface area contributed by atoms with Crippen molar-refractivity contribution in [1.82, 2.24) is 0 Å². The maximum atomic E-state index is 13.1. The third-order valence-electron chi connectivity index (χ3n) is 6.24. The van der Waals surface area contributed by atoms with Crippen molar-refractivity contribution in [2.24, 2.45) is 5.92 Å². The van der Waals surface area contributed by atoms with E-state index in [1.165, 1.54) is 12.1 Å². The first kappa shape index (κ1) is 31.4. The number of aryl methyl sites for hydroxylation is 1. The first-order valence-corrected chi connectivity index (χ1v) is 14.7. The monoisotopic (exact) mass is 699 g/mol. The number of benzene rings is 3. The van der Waals surface area contributed by atoms with Crippen LogP contribution >= 0.6 is 62.3 Å². The second-order valence-corrected chi connectivity index (χ2v) is 13.7.